The number of rotatable bonds is 3. The average molecular weight is 352 g/mol. The van der Waals surface area contributed by atoms with Gasteiger partial charge in [0.15, 0.2) is 5.82 Å². The van der Waals surface area contributed by atoms with Crippen molar-refractivity contribution in [1.82, 2.24) is 0 Å². The van der Waals surface area contributed by atoms with Crippen molar-refractivity contribution < 1.29 is 14.3 Å². The summed E-state index contributed by atoms with van der Waals surface area (Å²) in [6, 6.07) is 8.76. The van der Waals surface area contributed by atoms with Crippen LogP contribution < -0.4 is 4.90 Å². The summed E-state index contributed by atoms with van der Waals surface area (Å²) in [7, 11) is 1.75. The third kappa shape index (κ3) is 2.93. The molecule has 21 heavy (non-hydrogen) atoms. The van der Waals surface area contributed by atoms with Gasteiger partial charge in [0.05, 0.1) is 15.7 Å². The van der Waals surface area contributed by atoms with Crippen molar-refractivity contribution in [3.05, 3.63) is 57.3 Å². The first-order valence-corrected chi connectivity index (χ1v) is 7.14. The molecule has 3 nitrogen and oxygen atoms in total. The highest BCUT2D eigenvalue weighted by molar-refractivity contribution is 9.10. The third-order valence-corrected chi connectivity index (χ3v) is 4.14. The van der Waals surface area contributed by atoms with Crippen molar-refractivity contribution in [1.29, 1.82) is 0 Å². The monoisotopic (exact) mass is 351 g/mol. The highest BCUT2D eigenvalue weighted by Crippen LogP contribution is 2.34. The fraction of sp³-hybridized carbons (Fsp3) is 0.188. The minimum absolute atomic E-state index is 0.0379. The molecule has 0 aliphatic rings. The number of aromatic carboxylic acids is 1. The standard InChI is InChI=1S/C16H15BrFNO2/c1-9-4-6-12(10(2)8-9)19(3)13-7-5-11(16(20)21)14(17)15(13)18/h4-8H,1-3H3,(H,20,21). The van der Waals surface area contributed by atoms with Crippen LogP contribution in [0.15, 0.2) is 34.8 Å². The second-order valence-electron chi connectivity index (χ2n) is 4.91. The summed E-state index contributed by atoms with van der Waals surface area (Å²) in [4.78, 5) is 12.7. The zero-order chi connectivity index (χ0) is 15.7. The van der Waals surface area contributed by atoms with Crippen LogP contribution in [0.5, 0.6) is 0 Å². The van der Waals surface area contributed by atoms with Crippen molar-refractivity contribution in [2.45, 2.75) is 13.8 Å². The lowest BCUT2D eigenvalue weighted by atomic mass is 10.1. The molecule has 0 radical (unpaired) electrons. The number of anilines is 2. The largest absolute Gasteiger partial charge is 0.478 e. The van der Waals surface area contributed by atoms with E-state index in [1.165, 1.54) is 12.1 Å². The van der Waals surface area contributed by atoms with Crippen molar-refractivity contribution in [3.63, 3.8) is 0 Å². The Morgan fingerprint density at radius 1 is 1.19 bits per heavy atom. The van der Waals surface area contributed by atoms with Gasteiger partial charge in [-0.05, 0) is 53.5 Å². The summed E-state index contributed by atoms with van der Waals surface area (Å²) >= 11 is 3.02. The van der Waals surface area contributed by atoms with Gasteiger partial charge in [-0.1, -0.05) is 17.7 Å². The summed E-state index contributed by atoms with van der Waals surface area (Å²) in [6.45, 7) is 3.95. The van der Waals surface area contributed by atoms with Gasteiger partial charge >= 0.3 is 5.97 Å². The van der Waals surface area contributed by atoms with Gasteiger partial charge in [-0.25, -0.2) is 9.18 Å². The van der Waals surface area contributed by atoms with Gasteiger partial charge in [0, 0.05) is 12.7 Å². The summed E-state index contributed by atoms with van der Waals surface area (Å²) < 4.78 is 14.4. The molecule has 110 valence electrons. The molecule has 0 unspecified atom stereocenters. The Labute approximate surface area is 131 Å². The molecule has 0 aliphatic heterocycles. The van der Waals surface area contributed by atoms with E-state index in [2.05, 4.69) is 15.9 Å². The van der Waals surface area contributed by atoms with E-state index in [1.54, 1.807) is 11.9 Å². The molecule has 0 bridgehead atoms. The van der Waals surface area contributed by atoms with E-state index >= 15 is 0 Å². The van der Waals surface area contributed by atoms with Crippen LogP contribution in [0, 0.1) is 19.7 Å². The molecule has 0 aromatic heterocycles. The van der Waals surface area contributed by atoms with E-state index < -0.39 is 11.8 Å². The SMILES string of the molecule is Cc1ccc(N(C)c2ccc(C(=O)O)c(Br)c2F)c(C)c1. The number of hydrogen-bond donors (Lipinski definition) is 1. The molecule has 0 atom stereocenters. The molecule has 0 spiro atoms. The normalized spacial score (nSPS) is 10.5. The Hall–Kier alpha value is -1.88. The molecule has 2 aromatic carbocycles. The van der Waals surface area contributed by atoms with E-state index in [4.69, 9.17) is 5.11 Å². The molecule has 5 heteroatoms. The minimum Gasteiger partial charge on any atom is -0.478 e. The molecule has 2 rings (SSSR count). The maximum Gasteiger partial charge on any atom is 0.336 e. The summed E-state index contributed by atoms with van der Waals surface area (Å²) in [5, 5.41) is 9.00. The van der Waals surface area contributed by atoms with Crippen LogP contribution in [0.1, 0.15) is 21.5 Å². The second kappa shape index (κ2) is 5.85. The Morgan fingerprint density at radius 2 is 1.81 bits per heavy atom. The fourth-order valence-corrected chi connectivity index (χ4v) is 2.78. The molecule has 1 N–H and O–H groups in total. The van der Waals surface area contributed by atoms with Gasteiger partial charge < -0.3 is 10.0 Å². The second-order valence-corrected chi connectivity index (χ2v) is 5.71. The van der Waals surface area contributed by atoms with Gasteiger partial charge in [-0.15, -0.1) is 0 Å². The van der Waals surface area contributed by atoms with Crippen LogP contribution in [0.4, 0.5) is 15.8 Å². The summed E-state index contributed by atoms with van der Waals surface area (Å²) in [5.74, 6) is -1.75. The molecule has 0 aliphatic carbocycles. The van der Waals surface area contributed by atoms with Crippen LogP contribution in [0.25, 0.3) is 0 Å². The van der Waals surface area contributed by atoms with E-state index in [9.17, 15) is 9.18 Å². The smallest absolute Gasteiger partial charge is 0.336 e. The first-order valence-electron chi connectivity index (χ1n) is 6.35. The molecule has 0 heterocycles. The minimum atomic E-state index is -1.17. The zero-order valence-corrected chi connectivity index (χ0v) is 13.5. The van der Waals surface area contributed by atoms with Crippen molar-refractivity contribution in [2.75, 3.05) is 11.9 Å². The predicted octanol–water partition coefficient (Wildman–Crippen LogP) is 4.67. The predicted molar refractivity (Wildman–Crippen MR) is 85.0 cm³/mol. The van der Waals surface area contributed by atoms with Crippen LogP contribution in [-0.4, -0.2) is 18.1 Å². The van der Waals surface area contributed by atoms with E-state index in [-0.39, 0.29) is 10.0 Å². The molecular weight excluding hydrogens is 337 g/mol. The fourth-order valence-electron chi connectivity index (χ4n) is 2.27. The van der Waals surface area contributed by atoms with Crippen LogP contribution in [-0.2, 0) is 0 Å². The Kier molecular flexibility index (Phi) is 4.32. The molecular formula is C16H15BrFNO2. The van der Waals surface area contributed by atoms with Gasteiger partial charge in [-0.3, -0.25) is 0 Å². The third-order valence-electron chi connectivity index (χ3n) is 3.37. The lowest BCUT2D eigenvalue weighted by Crippen LogP contribution is -2.14. The first-order chi connectivity index (χ1) is 9.82. The zero-order valence-electron chi connectivity index (χ0n) is 11.9. The van der Waals surface area contributed by atoms with E-state index in [0.717, 1.165) is 16.8 Å². The topological polar surface area (TPSA) is 40.5 Å². The average Bonchev–Trinajstić information content (AvgIpc) is 2.40. The van der Waals surface area contributed by atoms with Crippen molar-refractivity contribution in [3.8, 4) is 0 Å². The van der Waals surface area contributed by atoms with Crippen LogP contribution in [0.2, 0.25) is 0 Å². The summed E-state index contributed by atoms with van der Waals surface area (Å²) in [5.41, 5.74) is 3.25. The van der Waals surface area contributed by atoms with Gasteiger partial charge in [0.2, 0.25) is 0 Å². The maximum atomic E-state index is 14.4. The van der Waals surface area contributed by atoms with Gasteiger partial charge in [0.1, 0.15) is 0 Å². The molecule has 2 aromatic rings. The lowest BCUT2D eigenvalue weighted by molar-refractivity contribution is 0.0695. The van der Waals surface area contributed by atoms with E-state index in [1.807, 2.05) is 32.0 Å². The molecule has 0 fully saturated rings. The lowest BCUT2D eigenvalue weighted by Gasteiger charge is -2.23. The number of benzene rings is 2. The number of aryl methyl sites for hydroxylation is 2. The van der Waals surface area contributed by atoms with Gasteiger partial charge in [-0.2, -0.15) is 0 Å². The summed E-state index contributed by atoms with van der Waals surface area (Å²) in [6.07, 6.45) is 0. The van der Waals surface area contributed by atoms with E-state index in [0.29, 0.717) is 5.69 Å². The highest BCUT2D eigenvalue weighted by Gasteiger charge is 2.19. The van der Waals surface area contributed by atoms with Crippen LogP contribution in [0.3, 0.4) is 0 Å². The van der Waals surface area contributed by atoms with Crippen molar-refractivity contribution >= 4 is 33.3 Å². The number of nitrogens with zero attached hydrogens (tertiary/aromatic N) is 1. The molecule has 0 saturated carbocycles. The number of halogens is 2. The van der Waals surface area contributed by atoms with Crippen LogP contribution >= 0.6 is 15.9 Å². The molecule has 0 amide bonds. The highest BCUT2D eigenvalue weighted by atomic mass is 79.9. The Bertz CT molecular complexity index is 716. The van der Waals surface area contributed by atoms with Gasteiger partial charge in [0.25, 0.3) is 0 Å². The quantitative estimate of drug-likeness (QED) is 0.873. The number of carboxylic acids is 1. The maximum absolute atomic E-state index is 14.4. The van der Waals surface area contributed by atoms with Crippen molar-refractivity contribution in [2.24, 2.45) is 0 Å². The Morgan fingerprint density at radius 3 is 2.38 bits per heavy atom. The number of carboxylic acid groups (broad SMARTS) is 1. The molecule has 0 saturated heterocycles. The number of hydrogen-bond acceptors (Lipinski definition) is 2. The number of carbonyl (C=O) groups is 1. The first kappa shape index (κ1) is 15.5. The Balaban J connectivity index is 2.51.